The van der Waals surface area contributed by atoms with Crippen LogP contribution in [0.4, 0.5) is 0 Å². The first-order valence-electron chi connectivity index (χ1n) is 4.82. The Labute approximate surface area is 88.8 Å². The van der Waals surface area contributed by atoms with Crippen LogP contribution in [0.2, 0.25) is 0 Å². The molecule has 0 saturated heterocycles. The molecular formula is C10H13NO3S. The first kappa shape index (κ1) is 10.6. The van der Waals surface area contributed by atoms with Crippen molar-refractivity contribution in [3.63, 3.8) is 0 Å². The minimum Gasteiger partial charge on any atom is -0.388 e. The number of fused-ring (bicyclic) bond motifs is 1. The molecule has 0 heterocycles. The maximum atomic E-state index is 11.1. The molecule has 1 aromatic carbocycles. The fraction of sp³-hybridized carbons (Fsp3) is 0.400. The number of aryl methyl sites for hydroxylation is 1. The Morgan fingerprint density at radius 3 is 2.80 bits per heavy atom. The number of sulfonamides is 1. The monoisotopic (exact) mass is 227 g/mol. The molecular weight excluding hydrogens is 214 g/mol. The number of rotatable bonds is 1. The Bertz CT molecular complexity index is 481. The number of benzene rings is 1. The van der Waals surface area contributed by atoms with E-state index in [0.29, 0.717) is 12.0 Å². The van der Waals surface area contributed by atoms with E-state index in [-0.39, 0.29) is 4.90 Å². The molecule has 0 amide bonds. The van der Waals surface area contributed by atoms with Crippen molar-refractivity contribution in [2.24, 2.45) is 5.14 Å². The molecule has 0 bridgehead atoms. The lowest BCUT2D eigenvalue weighted by Gasteiger charge is -2.21. The Balaban J connectivity index is 2.53. The maximum absolute atomic E-state index is 11.1. The van der Waals surface area contributed by atoms with Crippen molar-refractivity contribution in [1.29, 1.82) is 0 Å². The first-order valence-corrected chi connectivity index (χ1v) is 6.37. The van der Waals surface area contributed by atoms with Gasteiger partial charge in [-0.05, 0) is 42.5 Å². The van der Waals surface area contributed by atoms with Gasteiger partial charge < -0.3 is 5.11 Å². The van der Waals surface area contributed by atoms with Crippen molar-refractivity contribution in [1.82, 2.24) is 0 Å². The first-order chi connectivity index (χ1) is 6.98. The Morgan fingerprint density at radius 2 is 2.13 bits per heavy atom. The molecule has 0 spiro atoms. The average molecular weight is 227 g/mol. The summed E-state index contributed by atoms with van der Waals surface area (Å²) in [5.41, 5.74) is 1.72. The molecule has 1 aliphatic carbocycles. The second-order valence-corrected chi connectivity index (χ2v) is 5.38. The number of aliphatic hydroxyl groups is 1. The van der Waals surface area contributed by atoms with E-state index in [1.54, 1.807) is 6.07 Å². The van der Waals surface area contributed by atoms with Crippen molar-refractivity contribution in [2.75, 3.05) is 0 Å². The highest BCUT2D eigenvalue weighted by atomic mass is 32.2. The third kappa shape index (κ3) is 2.04. The van der Waals surface area contributed by atoms with E-state index in [9.17, 15) is 13.5 Å². The van der Waals surface area contributed by atoms with Crippen molar-refractivity contribution < 1.29 is 13.5 Å². The molecule has 0 saturated carbocycles. The van der Waals surface area contributed by atoms with E-state index in [1.807, 2.05) is 0 Å². The van der Waals surface area contributed by atoms with Crippen LogP contribution in [0.25, 0.3) is 0 Å². The summed E-state index contributed by atoms with van der Waals surface area (Å²) in [5, 5.41) is 14.7. The summed E-state index contributed by atoms with van der Waals surface area (Å²) < 4.78 is 22.2. The van der Waals surface area contributed by atoms with Gasteiger partial charge in [0, 0.05) is 0 Å². The smallest absolute Gasteiger partial charge is 0.238 e. The molecule has 1 aromatic rings. The van der Waals surface area contributed by atoms with E-state index in [4.69, 9.17) is 5.14 Å². The molecule has 0 aromatic heterocycles. The fourth-order valence-corrected chi connectivity index (χ4v) is 2.48. The Hall–Kier alpha value is -0.910. The molecule has 15 heavy (non-hydrogen) atoms. The zero-order chi connectivity index (χ0) is 11.1. The highest BCUT2D eigenvalue weighted by Gasteiger charge is 2.20. The zero-order valence-electron chi connectivity index (χ0n) is 8.18. The van der Waals surface area contributed by atoms with Crippen molar-refractivity contribution in [2.45, 2.75) is 30.3 Å². The lowest BCUT2D eigenvalue weighted by molar-refractivity contribution is 0.156. The lowest BCUT2D eigenvalue weighted by atomic mass is 9.90. The molecule has 5 heteroatoms. The van der Waals surface area contributed by atoms with Crippen molar-refractivity contribution in [3.05, 3.63) is 29.3 Å². The van der Waals surface area contributed by atoms with Crippen LogP contribution in [0.5, 0.6) is 0 Å². The van der Waals surface area contributed by atoms with Gasteiger partial charge in [-0.2, -0.15) is 0 Å². The van der Waals surface area contributed by atoms with Crippen molar-refractivity contribution >= 4 is 10.0 Å². The lowest BCUT2D eigenvalue weighted by Crippen LogP contribution is -2.15. The number of hydrogen-bond acceptors (Lipinski definition) is 3. The Kier molecular flexibility index (Phi) is 2.54. The van der Waals surface area contributed by atoms with Gasteiger partial charge in [0.1, 0.15) is 0 Å². The van der Waals surface area contributed by atoms with Gasteiger partial charge in [0.2, 0.25) is 10.0 Å². The molecule has 1 atom stereocenters. The minimum absolute atomic E-state index is 0.0715. The van der Waals surface area contributed by atoms with Gasteiger partial charge in [-0.3, -0.25) is 0 Å². The molecule has 3 N–H and O–H groups in total. The average Bonchev–Trinajstić information content (AvgIpc) is 2.16. The Morgan fingerprint density at radius 1 is 1.40 bits per heavy atom. The van der Waals surface area contributed by atoms with E-state index in [0.717, 1.165) is 18.4 Å². The highest BCUT2D eigenvalue weighted by Crippen LogP contribution is 2.30. The summed E-state index contributed by atoms with van der Waals surface area (Å²) in [6.45, 7) is 0. The third-order valence-electron chi connectivity index (χ3n) is 2.73. The van der Waals surface area contributed by atoms with E-state index >= 15 is 0 Å². The molecule has 4 nitrogen and oxygen atoms in total. The topological polar surface area (TPSA) is 80.4 Å². The van der Waals surface area contributed by atoms with Gasteiger partial charge in [-0.1, -0.05) is 6.07 Å². The van der Waals surface area contributed by atoms with Crippen LogP contribution in [0.3, 0.4) is 0 Å². The molecule has 1 aliphatic rings. The van der Waals surface area contributed by atoms with Gasteiger partial charge in [0.15, 0.2) is 0 Å². The van der Waals surface area contributed by atoms with Crippen LogP contribution in [-0.4, -0.2) is 13.5 Å². The predicted octanol–water partition coefficient (Wildman–Crippen LogP) is 0.704. The van der Waals surface area contributed by atoms with Gasteiger partial charge in [0.25, 0.3) is 0 Å². The second kappa shape index (κ2) is 3.59. The van der Waals surface area contributed by atoms with Crippen LogP contribution < -0.4 is 5.14 Å². The van der Waals surface area contributed by atoms with E-state index < -0.39 is 16.1 Å². The van der Waals surface area contributed by atoms with Crippen LogP contribution in [-0.2, 0) is 16.4 Å². The normalized spacial score (nSPS) is 21.1. The predicted molar refractivity (Wildman–Crippen MR) is 55.7 cm³/mol. The SMILES string of the molecule is NS(=O)(=O)c1ccc2c(c1)C(O)CCC2. The molecule has 2 rings (SSSR count). The fourth-order valence-electron chi connectivity index (χ4n) is 1.93. The summed E-state index contributed by atoms with van der Waals surface area (Å²) in [6, 6.07) is 4.71. The molecule has 0 fully saturated rings. The standard InChI is InChI=1S/C10H13NO3S/c11-15(13,14)8-5-4-7-2-1-3-10(12)9(7)6-8/h4-6,10,12H,1-3H2,(H2,11,13,14). The quantitative estimate of drug-likeness (QED) is 0.741. The van der Waals surface area contributed by atoms with E-state index in [1.165, 1.54) is 12.1 Å². The molecule has 82 valence electrons. The largest absolute Gasteiger partial charge is 0.388 e. The summed E-state index contributed by atoms with van der Waals surface area (Å²) >= 11 is 0. The molecule has 0 radical (unpaired) electrons. The van der Waals surface area contributed by atoms with Gasteiger partial charge in [0.05, 0.1) is 11.0 Å². The summed E-state index contributed by atoms with van der Waals surface area (Å²) in [5.74, 6) is 0. The number of primary sulfonamides is 1. The third-order valence-corrected chi connectivity index (χ3v) is 3.64. The summed E-state index contributed by atoms with van der Waals surface area (Å²) in [4.78, 5) is 0.0715. The van der Waals surface area contributed by atoms with Crippen LogP contribution in [0.15, 0.2) is 23.1 Å². The van der Waals surface area contributed by atoms with Crippen LogP contribution in [0.1, 0.15) is 30.1 Å². The molecule has 1 unspecified atom stereocenters. The van der Waals surface area contributed by atoms with Gasteiger partial charge >= 0.3 is 0 Å². The highest BCUT2D eigenvalue weighted by molar-refractivity contribution is 7.89. The maximum Gasteiger partial charge on any atom is 0.238 e. The minimum atomic E-state index is -3.67. The second-order valence-electron chi connectivity index (χ2n) is 3.81. The summed E-state index contributed by atoms with van der Waals surface area (Å²) in [6.07, 6.45) is 1.94. The number of hydrogen-bond donors (Lipinski definition) is 2. The summed E-state index contributed by atoms with van der Waals surface area (Å²) in [7, 11) is -3.67. The van der Waals surface area contributed by atoms with Gasteiger partial charge in [-0.25, -0.2) is 13.6 Å². The number of nitrogens with two attached hydrogens (primary N) is 1. The van der Waals surface area contributed by atoms with Gasteiger partial charge in [-0.15, -0.1) is 0 Å². The molecule has 0 aliphatic heterocycles. The zero-order valence-corrected chi connectivity index (χ0v) is 9.00. The van der Waals surface area contributed by atoms with Crippen LogP contribution >= 0.6 is 0 Å². The number of aliphatic hydroxyl groups excluding tert-OH is 1. The van der Waals surface area contributed by atoms with Crippen molar-refractivity contribution in [3.8, 4) is 0 Å². The van der Waals surface area contributed by atoms with E-state index in [2.05, 4.69) is 0 Å². The van der Waals surface area contributed by atoms with Crippen LogP contribution in [0, 0.1) is 0 Å².